The molecule has 1 aromatic heterocycles. The van der Waals surface area contributed by atoms with Crippen molar-refractivity contribution in [3.8, 4) is 0 Å². The number of carboxylic acids is 1. The molecule has 7 nitrogen and oxygen atoms in total. The standard InChI is InChI=1S/C14H24N4O3/c1-12(13(19)20)5-4-7-17-14(21)16-6-2-3-9-18-10-8-15-11-18/h8,10-12H,2-7,9H2,1H3,(H,19,20)(H2,16,17,21). The average Bonchev–Trinajstić information content (AvgIpc) is 2.96. The molecule has 0 fully saturated rings. The molecule has 1 atom stereocenters. The number of rotatable bonds is 10. The normalized spacial score (nSPS) is 11.9. The number of aromatic nitrogens is 2. The molecule has 0 bridgehead atoms. The van der Waals surface area contributed by atoms with Gasteiger partial charge in [0.25, 0.3) is 0 Å². The quantitative estimate of drug-likeness (QED) is 0.570. The SMILES string of the molecule is CC(CCCNC(=O)NCCCCn1ccnc1)C(=O)O. The fourth-order valence-electron chi connectivity index (χ4n) is 1.84. The number of aryl methyl sites for hydroxylation is 1. The van der Waals surface area contributed by atoms with Crippen molar-refractivity contribution in [1.29, 1.82) is 0 Å². The van der Waals surface area contributed by atoms with Crippen LogP contribution in [0, 0.1) is 5.92 Å². The zero-order valence-electron chi connectivity index (χ0n) is 12.4. The van der Waals surface area contributed by atoms with Gasteiger partial charge >= 0.3 is 12.0 Å². The lowest BCUT2D eigenvalue weighted by Gasteiger charge is -2.09. The largest absolute Gasteiger partial charge is 0.481 e. The van der Waals surface area contributed by atoms with Gasteiger partial charge in [-0.2, -0.15) is 0 Å². The number of aliphatic carboxylic acids is 1. The molecule has 0 saturated heterocycles. The van der Waals surface area contributed by atoms with Crippen molar-refractivity contribution in [3.05, 3.63) is 18.7 Å². The molecule has 0 spiro atoms. The van der Waals surface area contributed by atoms with Crippen LogP contribution in [0.15, 0.2) is 18.7 Å². The Morgan fingerprint density at radius 2 is 1.95 bits per heavy atom. The Balaban J connectivity index is 1.93. The van der Waals surface area contributed by atoms with Gasteiger partial charge in [0.05, 0.1) is 12.2 Å². The molecule has 1 unspecified atom stereocenters. The van der Waals surface area contributed by atoms with Crippen LogP contribution in [0.3, 0.4) is 0 Å². The van der Waals surface area contributed by atoms with Crippen molar-refractivity contribution in [1.82, 2.24) is 20.2 Å². The number of carbonyl (C=O) groups is 2. The highest BCUT2D eigenvalue weighted by atomic mass is 16.4. The molecule has 0 aliphatic heterocycles. The fraction of sp³-hybridized carbons (Fsp3) is 0.643. The van der Waals surface area contributed by atoms with Crippen LogP contribution in [0.25, 0.3) is 0 Å². The van der Waals surface area contributed by atoms with Crippen molar-refractivity contribution >= 4 is 12.0 Å². The Morgan fingerprint density at radius 1 is 1.24 bits per heavy atom. The predicted molar refractivity (Wildman–Crippen MR) is 78.9 cm³/mol. The second-order valence-electron chi connectivity index (χ2n) is 5.07. The van der Waals surface area contributed by atoms with E-state index in [4.69, 9.17) is 5.11 Å². The first kappa shape index (κ1) is 17.0. The molecule has 118 valence electrons. The maximum atomic E-state index is 11.5. The Bertz CT molecular complexity index is 420. The van der Waals surface area contributed by atoms with Crippen LogP contribution in [0.5, 0.6) is 0 Å². The summed E-state index contributed by atoms with van der Waals surface area (Å²) in [5, 5.41) is 14.2. The minimum absolute atomic E-state index is 0.194. The van der Waals surface area contributed by atoms with Crippen LogP contribution >= 0.6 is 0 Å². The van der Waals surface area contributed by atoms with E-state index in [-0.39, 0.29) is 11.9 Å². The Kier molecular flexibility index (Phi) is 7.93. The summed E-state index contributed by atoms with van der Waals surface area (Å²) in [6, 6.07) is -0.194. The molecule has 1 aromatic rings. The zero-order chi connectivity index (χ0) is 15.5. The van der Waals surface area contributed by atoms with Gasteiger partial charge in [-0.1, -0.05) is 6.92 Å². The average molecular weight is 296 g/mol. The van der Waals surface area contributed by atoms with E-state index in [9.17, 15) is 9.59 Å². The molecule has 0 aliphatic carbocycles. The highest BCUT2D eigenvalue weighted by Crippen LogP contribution is 2.04. The van der Waals surface area contributed by atoms with Crippen molar-refractivity contribution in [2.24, 2.45) is 5.92 Å². The molecule has 0 aromatic carbocycles. The lowest BCUT2D eigenvalue weighted by Crippen LogP contribution is -2.36. The molecule has 21 heavy (non-hydrogen) atoms. The smallest absolute Gasteiger partial charge is 0.314 e. The minimum Gasteiger partial charge on any atom is -0.481 e. The number of nitrogens with zero attached hydrogens (tertiary/aromatic N) is 2. The summed E-state index contributed by atoms with van der Waals surface area (Å²) in [5.41, 5.74) is 0. The van der Waals surface area contributed by atoms with Gasteiger partial charge in [0.2, 0.25) is 0 Å². The number of unbranched alkanes of at least 4 members (excludes halogenated alkanes) is 1. The third-order valence-electron chi connectivity index (χ3n) is 3.21. The molecule has 2 amide bonds. The molecule has 7 heteroatoms. The number of imidazole rings is 1. The van der Waals surface area contributed by atoms with Crippen LogP contribution in [-0.2, 0) is 11.3 Å². The maximum absolute atomic E-state index is 11.5. The van der Waals surface area contributed by atoms with E-state index in [0.29, 0.717) is 25.9 Å². The number of nitrogens with one attached hydrogen (secondary N) is 2. The number of hydrogen-bond donors (Lipinski definition) is 3. The lowest BCUT2D eigenvalue weighted by atomic mass is 10.1. The lowest BCUT2D eigenvalue weighted by molar-refractivity contribution is -0.141. The number of urea groups is 1. The number of carboxylic acid groups (broad SMARTS) is 1. The van der Waals surface area contributed by atoms with Gasteiger partial charge < -0.3 is 20.3 Å². The first-order valence-electron chi connectivity index (χ1n) is 7.30. The summed E-state index contributed by atoms with van der Waals surface area (Å²) in [5.74, 6) is -1.16. The molecule has 0 saturated carbocycles. The molecule has 3 N–H and O–H groups in total. The third-order valence-corrected chi connectivity index (χ3v) is 3.21. The van der Waals surface area contributed by atoms with E-state index in [0.717, 1.165) is 19.4 Å². The van der Waals surface area contributed by atoms with Gasteiger partial charge in [-0.15, -0.1) is 0 Å². The monoisotopic (exact) mass is 296 g/mol. The van der Waals surface area contributed by atoms with Crippen molar-refractivity contribution in [2.75, 3.05) is 13.1 Å². The summed E-state index contributed by atoms with van der Waals surface area (Å²) >= 11 is 0. The van der Waals surface area contributed by atoms with Crippen LogP contribution < -0.4 is 10.6 Å². The summed E-state index contributed by atoms with van der Waals surface area (Å²) < 4.78 is 2.00. The third kappa shape index (κ3) is 7.96. The van der Waals surface area contributed by atoms with Crippen LogP contribution in [-0.4, -0.2) is 39.7 Å². The Labute approximate surface area is 124 Å². The van der Waals surface area contributed by atoms with Gasteiger partial charge in [-0.05, 0) is 25.7 Å². The molecular weight excluding hydrogens is 272 g/mol. The van der Waals surface area contributed by atoms with Gasteiger partial charge in [0.15, 0.2) is 0 Å². The predicted octanol–water partition coefficient (Wildman–Crippen LogP) is 1.46. The van der Waals surface area contributed by atoms with Gasteiger partial charge in [0, 0.05) is 32.0 Å². The highest BCUT2D eigenvalue weighted by molar-refractivity contribution is 5.73. The Morgan fingerprint density at radius 3 is 2.57 bits per heavy atom. The van der Waals surface area contributed by atoms with E-state index >= 15 is 0 Å². The molecule has 0 radical (unpaired) electrons. The maximum Gasteiger partial charge on any atom is 0.314 e. The minimum atomic E-state index is -0.794. The molecular formula is C14H24N4O3. The summed E-state index contributed by atoms with van der Waals surface area (Å²) in [4.78, 5) is 26.0. The van der Waals surface area contributed by atoms with Crippen molar-refractivity contribution in [2.45, 2.75) is 39.2 Å². The van der Waals surface area contributed by atoms with E-state index < -0.39 is 5.97 Å². The number of amides is 2. The Hall–Kier alpha value is -2.05. The second-order valence-corrected chi connectivity index (χ2v) is 5.07. The van der Waals surface area contributed by atoms with Gasteiger partial charge in [0.1, 0.15) is 0 Å². The van der Waals surface area contributed by atoms with Crippen LogP contribution in [0.4, 0.5) is 4.79 Å². The summed E-state index contributed by atoms with van der Waals surface area (Å²) in [6.07, 6.45) is 8.56. The van der Waals surface area contributed by atoms with E-state index in [2.05, 4.69) is 15.6 Å². The number of hydrogen-bond acceptors (Lipinski definition) is 3. The van der Waals surface area contributed by atoms with Crippen LogP contribution in [0.1, 0.15) is 32.6 Å². The van der Waals surface area contributed by atoms with E-state index in [1.165, 1.54) is 0 Å². The topological polar surface area (TPSA) is 96.3 Å². The van der Waals surface area contributed by atoms with E-state index in [1.807, 2.05) is 10.8 Å². The summed E-state index contributed by atoms with van der Waals surface area (Å²) in [6.45, 7) is 3.70. The highest BCUT2D eigenvalue weighted by Gasteiger charge is 2.09. The summed E-state index contributed by atoms with van der Waals surface area (Å²) in [7, 11) is 0. The first-order valence-corrected chi connectivity index (χ1v) is 7.30. The van der Waals surface area contributed by atoms with Crippen molar-refractivity contribution < 1.29 is 14.7 Å². The fourth-order valence-corrected chi connectivity index (χ4v) is 1.84. The molecule has 1 heterocycles. The van der Waals surface area contributed by atoms with Gasteiger partial charge in [-0.3, -0.25) is 4.79 Å². The number of carbonyl (C=O) groups excluding carboxylic acids is 1. The van der Waals surface area contributed by atoms with Gasteiger partial charge in [-0.25, -0.2) is 9.78 Å². The van der Waals surface area contributed by atoms with Crippen LogP contribution in [0.2, 0.25) is 0 Å². The van der Waals surface area contributed by atoms with Crippen molar-refractivity contribution in [3.63, 3.8) is 0 Å². The zero-order valence-corrected chi connectivity index (χ0v) is 12.4. The first-order chi connectivity index (χ1) is 10.1. The molecule has 0 aliphatic rings. The molecule has 1 rings (SSSR count). The second kappa shape index (κ2) is 9.79. The van der Waals surface area contributed by atoms with E-state index in [1.54, 1.807) is 19.4 Å².